The predicted octanol–water partition coefficient (Wildman–Crippen LogP) is 1.84. The highest BCUT2D eigenvalue weighted by Crippen LogP contribution is 2.39. The SMILES string of the molecule is CC(C)CCS(=O)(=O)N1CC[C@@H]2[C@@H](CCC(=O)N2C2CC2)C1. The highest BCUT2D eigenvalue weighted by Gasteiger charge is 2.46. The lowest BCUT2D eigenvalue weighted by atomic mass is 9.84. The lowest BCUT2D eigenvalue weighted by Crippen LogP contribution is -2.57. The van der Waals surface area contributed by atoms with Crippen LogP contribution in [0.15, 0.2) is 0 Å². The monoisotopic (exact) mass is 328 g/mol. The van der Waals surface area contributed by atoms with Crippen LogP contribution < -0.4 is 0 Å². The Morgan fingerprint density at radius 2 is 1.91 bits per heavy atom. The average Bonchev–Trinajstić information content (AvgIpc) is 3.29. The van der Waals surface area contributed by atoms with E-state index in [0.717, 1.165) is 32.1 Å². The number of fused-ring (bicyclic) bond motifs is 1. The van der Waals surface area contributed by atoms with Crippen LogP contribution in [-0.2, 0) is 14.8 Å². The minimum Gasteiger partial charge on any atom is -0.336 e. The van der Waals surface area contributed by atoms with Crippen LogP contribution in [0.4, 0.5) is 0 Å². The normalized spacial score (nSPS) is 30.7. The molecule has 2 saturated heterocycles. The Bertz CT molecular complexity index is 528. The van der Waals surface area contributed by atoms with E-state index in [1.807, 2.05) is 0 Å². The minimum atomic E-state index is -3.13. The summed E-state index contributed by atoms with van der Waals surface area (Å²) in [5.74, 6) is 1.29. The molecule has 0 aromatic carbocycles. The summed E-state index contributed by atoms with van der Waals surface area (Å²) in [5, 5.41) is 0. The molecule has 0 radical (unpaired) electrons. The fourth-order valence-electron chi connectivity index (χ4n) is 3.85. The van der Waals surface area contributed by atoms with Crippen LogP contribution in [0.25, 0.3) is 0 Å². The van der Waals surface area contributed by atoms with Gasteiger partial charge in [-0.05, 0) is 43.9 Å². The van der Waals surface area contributed by atoms with Gasteiger partial charge < -0.3 is 4.90 Å². The number of rotatable bonds is 5. The topological polar surface area (TPSA) is 57.7 Å². The van der Waals surface area contributed by atoms with Crippen molar-refractivity contribution in [3.8, 4) is 0 Å². The summed E-state index contributed by atoms with van der Waals surface area (Å²) in [5.41, 5.74) is 0. The third kappa shape index (κ3) is 3.32. The quantitative estimate of drug-likeness (QED) is 0.774. The van der Waals surface area contributed by atoms with E-state index in [-0.39, 0.29) is 11.8 Å². The number of hydrogen-bond acceptors (Lipinski definition) is 3. The molecule has 2 atom stereocenters. The van der Waals surface area contributed by atoms with Crippen LogP contribution in [0, 0.1) is 11.8 Å². The molecule has 2 heterocycles. The molecule has 0 aromatic heterocycles. The van der Waals surface area contributed by atoms with E-state index < -0.39 is 10.0 Å². The van der Waals surface area contributed by atoms with Crippen LogP contribution in [0.2, 0.25) is 0 Å². The van der Waals surface area contributed by atoms with Crippen LogP contribution in [0.1, 0.15) is 52.4 Å². The second kappa shape index (κ2) is 6.11. The molecule has 0 N–H and O–H groups in total. The molecule has 1 aliphatic carbocycles. The molecule has 0 spiro atoms. The lowest BCUT2D eigenvalue weighted by Gasteiger charge is -2.47. The van der Waals surface area contributed by atoms with E-state index in [1.165, 1.54) is 0 Å². The first kappa shape index (κ1) is 16.2. The van der Waals surface area contributed by atoms with Crippen molar-refractivity contribution in [3.05, 3.63) is 0 Å². The molecular weight excluding hydrogens is 300 g/mol. The molecule has 2 aliphatic heterocycles. The number of piperidine rings is 2. The Hall–Kier alpha value is -0.620. The van der Waals surface area contributed by atoms with Crippen molar-refractivity contribution in [1.82, 2.24) is 9.21 Å². The molecule has 126 valence electrons. The fraction of sp³-hybridized carbons (Fsp3) is 0.938. The van der Waals surface area contributed by atoms with Gasteiger partial charge in [-0.15, -0.1) is 0 Å². The molecule has 22 heavy (non-hydrogen) atoms. The van der Waals surface area contributed by atoms with Crippen LogP contribution in [0.3, 0.4) is 0 Å². The van der Waals surface area contributed by atoms with Crippen molar-refractivity contribution in [3.63, 3.8) is 0 Å². The van der Waals surface area contributed by atoms with Gasteiger partial charge in [-0.2, -0.15) is 0 Å². The van der Waals surface area contributed by atoms with Gasteiger partial charge in [0.1, 0.15) is 0 Å². The third-order valence-corrected chi connectivity index (χ3v) is 7.19. The molecule has 0 unspecified atom stereocenters. The zero-order valence-corrected chi connectivity index (χ0v) is 14.5. The summed E-state index contributed by atoms with van der Waals surface area (Å²) in [4.78, 5) is 14.3. The summed E-state index contributed by atoms with van der Waals surface area (Å²) < 4.78 is 26.7. The van der Waals surface area contributed by atoms with Gasteiger partial charge in [0.15, 0.2) is 0 Å². The van der Waals surface area contributed by atoms with Gasteiger partial charge in [0.25, 0.3) is 0 Å². The molecular formula is C16H28N2O3S. The maximum absolute atomic E-state index is 12.5. The molecule has 5 nitrogen and oxygen atoms in total. The number of likely N-dealkylation sites (tertiary alicyclic amines) is 1. The predicted molar refractivity (Wildman–Crippen MR) is 85.8 cm³/mol. The highest BCUT2D eigenvalue weighted by molar-refractivity contribution is 7.89. The van der Waals surface area contributed by atoms with E-state index in [0.29, 0.717) is 43.3 Å². The minimum absolute atomic E-state index is 0.257. The van der Waals surface area contributed by atoms with Gasteiger partial charge in [-0.25, -0.2) is 12.7 Å². The molecule has 3 aliphatic rings. The van der Waals surface area contributed by atoms with Gasteiger partial charge >= 0.3 is 0 Å². The summed E-state index contributed by atoms with van der Waals surface area (Å²) in [6.45, 7) is 5.31. The van der Waals surface area contributed by atoms with Crippen LogP contribution in [-0.4, -0.2) is 54.5 Å². The standard InChI is InChI=1S/C16H28N2O3S/c1-12(2)8-10-22(20,21)17-9-7-15-13(11-17)3-6-16(19)18(15)14-4-5-14/h12-15H,3-11H2,1-2H3/t13-,15+/m0/s1. The lowest BCUT2D eigenvalue weighted by molar-refractivity contribution is -0.141. The van der Waals surface area contributed by atoms with E-state index in [9.17, 15) is 13.2 Å². The Morgan fingerprint density at radius 1 is 1.18 bits per heavy atom. The molecule has 0 bridgehead atoms. The Morgan fingerprint density at radius 3 is 2.55 bits per heavy atom. The Kier molecular flexibility index (Phi) is 4.52. The maximum Gasteiger partial charge on any atom is 0.223 e. The zero-order valence-electron chi connectivity index (χ0n) is 13.7. The van der Waals surface area contributed by atoms with Crippen molar-refractivity contribution in [2.75, 3.05) is 18.8 Å². The molecule has 1 amide bonds. The second-order valence-electron chi connectivity index (χ2n) is 7.54. The van der Waals surface area contributed by atoms with Crippen LogP contribution >= 0.6 is 0 Å². The molecule has 3 rings (SSSR count). The zero-order chi connectivity index (χ0) is 15.9. The first-order valence-corrected chi connectivity index (χ1v) is 10.3. The number of amides is 1. The number of nitrogens with zero attached hydrogens (tertiary/aromatic N) is 2. The van der Waals surface area contributed by atoms with E-state index >= 15 is 0 Å². The third-order valence-electron chi connectivity index (χ3n) is 5.32. The number of sulfonamides is 1. The van der Waals surface area contributed by atoms with Crippen molar-refractivity contribution in [2.45, 2.75) is 64.5 Å². The molecule has 6 heteroatoms. The van der Waals surface area contributed by atoms with Crippen molar-refractivity contribution in [1.29, 1.82) is 0 Å². The highest BCUT2D eigenvalue weighted by atomic mass is 32.2. The van der Waals surface area contributed by atoms with Crippen molar-refractivity contribution < 1.29 is 13.2 Å². The van der Waals surface area contributed by atoms with Gasteiger partial charge in [0.05, 0.1) is 5.75 Å². The first-order chi connectivity index (χ1) is 10.4. The van der Waals surface area contributed by atoms with Gasteiger partial charge in [0.2, 0.25) is 15.9 Å². The summed E-state index contributed by atoms with van der Waals surface area (Å²) in [6, 6.07) is 0.731. The van der Waals surface area contributed by atoms with Crippen molar-refractivity contribution >= 4 is 15.9 Å². The summed E-state index contributed by atoms with van der Waals surface area (Å²) >= 11 is 0. The molecule has 1 saturated carbocycles. The number of carbonyl (C=O) groups is 1. The number of hydrogen-bond donors (Lipinski definition) is 0. The van der Waals surface area contributed by atoms with Gasteiger partial charge in [-0.1, -0.05) is 13.8 Å². The van der Waals surface area contributed by atoms with Gasteiger partial charge in [0, 0.05) is 31.6 Å². The Labute approximate surface area is 134 Å². The van der Waals surface area contributed by atoms with Gasteiger partial charge in [-0.3, -0.25) is 4.79 Å². The average molecular weight is 328 g/mol. The van der Waals surface area contributed by atoms with E-state index in [2.05, 4.69) is 18.7 Å². The second-order valence-corrected chi connectivity index (χ2v) is 9.63. The molecule has 0 aromatic rings. The summed E-state index contributed by atoms with van der Waals surface area (Å²) in [7, 11) is -3.13. The fourth-order valence-corrected chi connectivity index (χ4v) is 5.68. The van der Waals surface area contributed by atoms with Crippen molar-refractivity contribution in [2.24, 2.45) is 11.8 Å². The maximum atomic E-state index is 12.5. The van der Waals surface area contributed by atoms with E-state index in [1.54, 1.807) is 4.31 Å². The largest absolute Gasteiger partial charge is 0.336 e. The first-order valence-electron chi connectivity index (χ1n) is 8.67. The van der Waals surface area contributed by atoms with E-state index in [4.69, 9.17) is 0 Å². The number of carbonyl (C=O) groups excluding carboxylic acids is 1. The smallest absolute Gasteiger partial charge is 0.223 e. The molecule has 3 fully saturated rings. The van der Waals surface area contributed by atoms with Crippen LogP contribution in [0.5, 0.6) is 0 Å². The Balaban J connectivity index is 1.65. The summed E-state index contributed by atoms with van der Waals surface area (Å²) in [6.07, 6.45) is 5.24.